The summed E-state index contributed by atoms with van der Waals surface area (Å²) in [6.07, 6.45) is 0.233. The quantitative estimate of drug-likeness (QED) is 0.416. The number of nitrogens with zero attached hydrogens (tertiary/aromatic N) is 3. The van der Waals surface area contributed by atoms with Crippen LogP contribution >= 0.6 is 0 Å². The molecule has 0 N–H and O–H groups in total. The maximum Gasteiger partial charge on any atom is 0.508 e. The molecule has 0 aliphatic heterocycles. The smallest absolute Gasteiger partial charge is 0.438 e. The van der Waals surface area contributed by atoms with Crippen LogP contribution in [0.3, 0.4) is 0 Å². The van der Waals surface area contributed by atoms with Crippen molar-refractivity contribution in [1.29, 1.82) is 0 Å². The summed E-state index contributed by atoms with van der Waals surface area (Å²) in [5, 5.41) is 10.4. The zero-order valence-corrected chi connectivity index (χ0v) is 8.17. The van der Waals surface area contributed by atoms with Crippen LogP contribution in [0.1, 0.15) is 5.82 Å². The van der Waals surface area contributed by atoms with E-state index in [1.165, 1.54) is 18.7 Å². The van der Waals surface area contributed by atoms with Crippen molar-refractivity contribution < 1.29 is 19.2 Å². The second kappa shape index (κ2) is 4.40. The highest BCUT2D eigenvalue weighted by Crippen LogP contribution is 2.12. The second-order valence-electron chi connectivity index (χ2n) is 2.59. The molecular formula is C7H9N3O5. The third-order valence-corrected chi connectivity index (χ3v) is 1.73. The van der Waals surface area contributed by atoms with E-state index in [1.807, 2.05) is 0 Å². The van der Waals surface area contributed by atoms with Crippen molar-refractivity contribution in [2.45, 2.75) is 6.61 Å². The first-order valence-corrected chi connectivity index (χ1v) is 3.92. The molecule has 0 atom stereocenters. The monoisotopic (exact) mass is 215 g/mol. The fourth-order valence-corrected chi connectivity index (χ4v) is 0.924. The summed E-state index contributed by atoms with van der Waals surface area (Å²) in [4.78, 5) is 24.2. The maximum atomic E-state index is 10.6. The van der Waals surface area contributed by atoms with Gasteiger partial charge in [0.25, 0.3) is 0 Å². The standard InChI is InChI=1S/C7H9N3O5/c1-9-5(4-15-7(11)14-2)8-3-6(9)10(12)13/h3H,4H2,1-2H3. The Bertz CT molecular complexity index is 386. The highest BCUT2D eigenvalue weighted by Gasteiger charge is 2.17. The van der Waals surface area contributed by atoms with Crippen LogP contribution in [-0.4, -0.2) is 27.7 Å². The number of nitro groups is 1. The topological polar surface area (TPSA) is 96.5 Å². The van der Waals surface area contributed by atoms with E-state index >= 15 is 0 Å². The summed E-state index contributed by atoms with van der Waals surface area (Å²) in [5.74, 6) is 0.102. The molecule has 0 saturated heterocycles. The van der Waals surface area contributed by atoms with Gasteiger partial charge in [0.15, 0.2) is 6.61 Å². The van der Waals surface area contributed by atoms with Crippen LogP contribution in [0, 0.1) is 10.1 Å². The molecule has 82 valence electrons. The number of imidazole rings is 1. The first kappa shape index (κ1) is 11.0. The molecule has 8 heteroatoms. The van der Waals surface area contributed by atoms with E-state index in [1.54, 1.807) is 0 Å². The van der Waals surface area contributed by atoms with E-state index in [0.29, 0.717) is 0 Å². The van der Waals surface area contributed by atoms with Crippen molar-refractivity contribution in [2.24, 2.45) is 7.05 Å². The minimum atomic E-state index is -0.861. The zero-order valence-electron chi connectivity index (χ0n) is 8.17. The normalized spacial score (nSPS) is 9.73. The average molecular weight is 215 g/mol. The molecule has 0 aliphatic rings. The Morgan fingerprint density at radius 2 is 2.40 bits per heavy atom. The number of rotatable bonds is 3. The van der Waals surface area contributed by atoms with Crippen molar-refractivity contribution in [3.63, 3.8) is 0 Å². The van der Waals surface area contributed by atoms with Crippen molar-refractivity contribution in [3.8, 4) is 0 Å². The Labute approximate surface area is 84.6 Å². The van der Waals surface area contributed by atoms with Crippen LogP contribution in [0.5, 0.6) is 0 Å². The average Bonchev–Trinajstić information content (AvgIpc) is 2.56. The third-order valence-electron chi connectivity index (χ3n) is 1.73. The molecule has 0 unspecified atom stereocenters. The predicted octanol–water partition coefficient (Wildman–Crippen LogP) is 0.611. The predicted molar refractivity (Wildman–Crippen MR) is 47.1 cm³/mol. The molecule has 0 aromatic carbocycles. The Morgan fingerprint density at radius 3 is 2.87 bits per heavy atom. The van der Waals surface area contributed by atoms with Crippen molar-refractivity contribution in [3.05, 3.63) is 22.1 Å². The van der Waals surface area contributed by atoms with Crippen molar-refractivity contribution in [2.75, 3.05) is 7.11 Å². The lowest BCUT2D eigenvalue weighted by atomic mass is 10.6. The van der Waals surface area contributed by atoms with Gasteiger partial charge < -0.3 is 19.6 Å². The van der Waals surface area contributed by atoms with E-state index in [4.69, 9.17) is 0 Å². The van der Waals surface area contributed by atoms with Gasteiger partial charge in [0.05, 0.1) is 14.2 Å². The van der Waals surface area contributed by atoms with Gasteiger partial charge in [-0.05, 0) is 4.92 Å². The molecule has 1 aromatic heterocycles. The van der Waals surface area contributed by atoms with Gasteiger partial charge in [-0.25, -0.2) is 14.3 Å². The minimum absolute atomic E-state index is 0.168. The molecule has 1 aromatic rings. The van der Waals surface area contributed by atoms with Crippen LogP contribution in [0.2, 0.25) is 0 Å². The molecule has 0 bridgehead atoms. The Hall–Kier alpha value is -2.12. The molecule has 0 aliphatic carbocycles. The van der Waals surface area contributed by atoms with Gasteiger partial charge >= 0.3 is 12.0 Å². The Kier molecular flexibility index (Phi) is 3.21. The molecule has 0 radical (unpaired) electrons. The molecule has 1 heterocycles. The van der Waals surface area contributed by atoms with Gasteiger partial charge in [0, 0.05) is 0 Å². The highest BCUT2D eigenvalue weighted by molar-refractivity contribution is 5.59. The van der Waals surface area contributed by atoms with Crippen LogP contribution in [0.25, 0.3) is 0 Å². The molecule has 0 fully saturated rings. The van der Waals surface area contributed by atoms with Gasteiger partial charge in [0.1, 0.15) is 6.20 Å². The van der Waals surface area contributed by atoms with Gasteiger partial charge in [-0.15, -0.1) is 0 Å². The van der Waals surface area contributed by atoms with E-state index in [2.05, 4.69) is 14.5 Å². The summed E-state index contributed by atoms with van der Waals surface area (Å²) in [6, 6.07) is 0. The largest absolute Gasteiger partial charge is 0.508 e. The van der Waals surface area contributed by atoms with Gasteiger partial charge in [-0.1, -0.05) is 0 Å². The molecule has 0 saturated carbocycles. The van der Waals surface area contributed by atoms with E-state index in [-0.39, 0.29) is 18.2 Å². The lowest BCUT2D eigenvalue weighted by molar-refractivity contribution is -0.391. The minimum Gasteiger partial charge on any atom is -0.438 e. The van der Waals surface area contributed by atoms with E-state index in [9.17, 15) is 14.9 Å². The highest BCUT2D eigenvalue weighted by atomic mass is 16.7. The molecule has 0 amide bonds. The first-order chi connectivity index (χ1) is 7.06. The summed E-state index contributed by atoms with van der Waals surface area (Å²) in [7, 11) is 2.63. The summed E-state index contributed by atoms with van der Waals surface area (Å²) in [6.45, 7) is -0.170. The van der Waals surface area contributed by atoms with Crippen molar-refractivity contribution in [1.82, 2.24) is 9.55 Å². The zero-order chi connectivity index (χ0) is 11.4. The second-order valence-corrected chi connectivity index (χ2v) is 2.59. The lowest BCUT2D eigenvalue weighted by Crippen LogP contribution is -2.08. The summed E-state index contributed by atoms with van der Waals surface area (Å²) in [5.41, 5.74) is 0. The van der Waals surface area contributed by atoms with Crippen LogP contribution < -0.4 is 0 Å². The van der Waals surface area contributed by atoms with Crippen LogP contribution in [-0.2, 0) is 23.1 Å². The summed E-state index contributed by atoms with van der Waals surface area (Å²) >= 11 is 0. The summed E-state index contributed by atoms with van der Waals surface area (Å²) < 4.78 is 10.0. The maximum absolute atomic E-state index is 10.6. The number of methoxy groups -OCH3 is 1. The number of carbonyl (C=O) groups excluding carboxylic acids is 1. The number of hydrogen-bond donors (Lipinski definition) is 0. The number of aromatic nitrogens is 2. The van der Waals surface area contributed by atoms with E-state index in [0.717, 1.165) is 6.20 Å². The van der Waals surface area contributed by atoms with Gasteiger partial charge in [0.2, 0.25) is 5.82 Å². The number of ether oxygens (including phenoxy) is 2. The molecular weight excluding hydrogens is 206 g/mol. The van der Waals surface area contributed by atoms with Crippen LogP contribution in [0.15, 0.2) is 6.20 Å². The van der Waals surface area contributed by atoms with E-state index < -0.39 is 11.1 Å². The van der Waals surface area contributed by atoms with Crippen molar-refractivity contribution >= 4 is 12.0 Å². The molecule has 0 spiro atoms. The first-order valence-electron chi connectivity index (χ1n) is 3.92. The Morgan fingerprint density at radius 1 is 1.73 bits per heavy atom. The van der Waals surface area contributed by atoms with Gasteiger partial charge in [-0.2, -0.15) is 0 Å². The SMILES string of the molecule is COC(=O)OCc1ncc([N+](=O)[O-])n1C. The molecule has 1 rings (SSSR count). The van der Waals surface area contributed by atoms with Crippen LogP contribution in [0.4, 0.5) is 10.6 Å². The fourth-order valence-electron chi connectivity index (χ4n) is 0.924. The molecule has 8 nitrogen and oxygen atoms in total. The molecule has 15 heavy (non-hydrogen) atoms. The Balaban J connectivity index is 2.71. The number of carbonyl (C=O) groups is 1. The van der Waals surface area contributed by atoms with Gasteiger partial charge in [-0.3, -0.25) is 0 Å². The lowest BCUT2D eigenvalue weighted by Gasteiger charge is -2.00. The number of hydrogen-bond acceptors (Lipinski definition) is 6. The third kappa shape index (κ3) is 2.42. The fraction of sp³-hybridized carbons (Fsp3) is 0.429.